The molecule has 3 aromatic rings. The molecule has 0 saturated carbocycles. The van der Waals surface area contributed by atoms with Gasteiger partial charge in [0.15, 0.2) is 5.58 Å². The second kappa shape index (κ2) is 8.55. The van der Waals surface area contributed by atoms with Crippen LogP contribution in [0.1, 0.15) is 35.5 Å². The summed E-state index contributed by atoms with van der Waals surface area (Å²) in [4.78, 5) is 40.5. The van der Waals surface area contributed by atoms with Gasteiger partial charge in [-0.3, -0.25) is 14.6 Å². The molecule has 0 unspecified atom stereocenters. The van der Waals surface area contributed by atoms with E-state index in [0.717, 1.165) is 0 Å². The average molecular weight is 396 g/mol. The van der Waals surface area contributed by atoms with Gasteiger partial charge in [-0.25, -0.2) is 4.79 Å². The van der Waals surface area contributed by atoms with Crippen LogP contribution in [0.2, 0.25) is 0 Å². The summed E-state index contributed by atoms with van der Waals surface area (Å²) in [7, 11) is 0. The molecule has 2 heterocycles. The summed E-state index contributed by atoms with van der Waals surface area (Å²) in [5.41, 5.74) is 0.707. The number of anilines is 1. The van der Waals surface area contributed by atoms with Gasteiger partial charge in [0.2, 0.25) is 0 Å². The van der Waals surface area contributed by atoms with Crippen LogP contribution < -0.4 is 15.7 Å². The van der Waals surface area contributed by atoms with E-state index in [0.29, 0.717) is 34.7 Å². The standard InChI is InChI=1S/C21H20N2O6/c1-4-27-18-8-6-5-7-17(18)23-20(25)16-9-15-14(11-28-13(3)24)10-22-12(2)19(15)29-21(16)26/h5-10H,4,11H2,1-3H3,(H,23,25). The Balaban J connectivity index is 2.02. The molecule has 0 saturated heterocycles. The van der Waals surface area contributed by atoms with Gasteiger partial charge in [0.25, 0.3) is 5.91 Å². The second-order valence-electron chi connectivity index (χ2n) is 6.22. The molecule has 0 fully saturated rings. The molecule has 3 rings (SSSR count). The number of pyridine rings is 1. The van der Waals surface area contributed by atoms with Crippen LogP contribution in [0.5, 0.6) is 5.75 Å². The van der Waals surface area contributed by atoms with E-state index in [-0.39, 0.29) is 17.8 Å². The molecule has 0 radical (unpaired) electrons. The first-order valence-corrected chi connectivity index (χ1v) is 8.99. The third-order valence-corrected chi connectivity index (χ3v) is 4.15. The number of nitrogens with zero attached hydrogens (tertiary/aromatic N) is 1. The largest absolute Gasteiger partial charge is 0.492 e. The molecule has 150 valence electrons. The zero-order valence-corrected chi connectivity index (χ0v) is 16.3. The quantitative estimate of drug-likeness (QED) is 0.637. The van der Waals surface area contributed by atoms with E-state index < -0.39 is 17.5 Å². The number of aryl methyl sites for hydroxylation is 1. The molecule has 0 aliphatic carbocycles. The SMILES string of the molecule is CCOc1ccccc1NC(=O)c1cc2c(COC(C)=O)cnc(C)c2oc1=O. The Hall–Kier alpha value is -3.68. The molecule has 1 aromatic carbocycles. The smallest absolute Gasteiger partial charge is 0.349 e. The Morgan fingerprint density at radius 3 is 2.72 bits per heavy atom. The summed E-state index contributed by atoms with van der Waals surface area (Å²) in [6.45, 7) is 5.17. The first-order valence-electron chi connectivity index (χ1n) is 8.99. The van der Waals surface area contributed by atoms with Gasteiger partial charge in [0.05, 0.1) is 18.0 Å². The van der Waals surface area contributed by atoms with Gasteiger partial charge >= 0.3 is 11.6 Å². The van der Waals surface area contributed by atoms with E-state index in [1.54, 1.807) is 31.2 Å². The Morgan fingerprint density at radius 1 is 1.24 bits per heavy atom. The molecule has 0 aliphatic rings. The van der Waals surface area contributed by atoms with E-state index in [4.69, 9.17) is 13.9 Å². The van der Waals surface area contributed by atoms with Gasteiger partial charge in [-0.2, -0.15) is 0 Å². The van der Waals surface area contributed by atoms with Crippen molar-refractivity contribution in [1.29, 1.82) is 0 Å². The fourth-order valence-corrected chi connectivity index (χ4v) is 2.78. The number of para-hydroxylation sites is 2. The normalized spacial score (nSPS) is 10.6. The molecule has 0 atom stereocenters. The molecule has 8 heteroatoms. The minimum Gasteiger partial charge on any atom is -0.492 e. The molecule has 1 N–H and O–H groups in total. The number of carbonyl (C=O) groups is 2. The van der Waals surface area contributed by atoms with Crippen LogP contribution in [-0.2, 0) is 16.1 Å². The summed E-state index contributed by atoms with van der Waals surface area (Å²) in [6, 6.07) is 8.34. The zero-order valence-electron chi connectivity index (χ0n) is 16.3. The van der Waals surface area contributed by atoms with Gasteiger partial charge in [-0.15, -0.1) is 0 Å². The summed E-state index contributed by atoms with van der Waals surface area (Å²) >= 11 is 0. The third kappa shape index (κ3) is 4.43. The van der Waals surface area contributed by atoms with Crippen LogP contribution >= 0.6 is 0 Å². The summed E-state index contributed by atoms with van der Waals surface area (Å²) in [5.74, 6) is -0.605. The number of hydrogen-bond donors (Lipinski definition) is 1. The first-order chi connectivity index (χ1) is 13.9. The van der Waals surface area contributed by atoms with E-state index in [1.165, 1.54) is 19.2 Å². The van der Waals surface area contributed by atoms with Crippen molar-refractivity contribution in [3.8, 4) is 5.75 Å². The lowest BCUT2D eigenvalue weighted by atomic mass is 10.1. The van der Waals surface area contributed by atoms with Crippen LogP contribution in [0.4, 0.5) is 5.69 Å². The molecule has 0 bridgehead atoms. The molecule has 0 spiro atoms. The first kappa shape index (κ1) is 20.1. The number of hydrogen-bond acceptors (Lipinski definition) is 7. The molecule has 0 aliphatic heterocycles. The van der Waals surface area contributed by atoms with E-state index in [2.05, 4.69) is 10.3 Å². The number of amides is 1. The van der Waals surface area contributed by atoms with Crippen molar-refractivity contribution in [3.63, 3.8) is 0 Å². The van der Waals surface area contributed by atoms with Crippen molar-refractivity contribution in [3.05, 3.63) is 63.8 Å². The number of benzene rings is 1. The number of carbonyl (C=O) groups excluding carboxylic acids is 2. The highest BCUT2D eigenvalue weighted by Crippen LogP contribution is 2.25. The molecular weight excluding hydrogens is 376 g/mol. The fourth-order valence-electron chi connectivity index (χ4n) is 2.78. The van der Waals surface area contributed by atoms with Crippen molar-refractivity contribution in [2.75, 3.05) is 11.9 Å². The number of fused-ring (bicyclic) bond motifs is 1. The number of rotatable bonds is 6. The van der Waals surface area contributed by atoms with Gasteiger partial charge in [0.1, 0.15) is 17.9 Å². The third-order valence-electron chi connectivity index (χ3n) is 4.15. The van der Waals surface area contributed by atoms with Gasteiger partial charge in [0, 0.05) is 24.1 Å². The van der Waals surface area contributed by atoms with Crippen molar-refractivity contribution >= 4 is 28.5 Å². The van der Waals surface area contributed by atoms with Crippen molar-refractivity contribution in [1.82, 2.24) is 4.98 Å². The monoisotopic (exact) mass is 396 g/mol. The number of nitrogens with one attached hydrogen (secondary N) is 1. The number of aromatic nitrogens is 1. The van der Waals surface area contributed by atoms with Crippen LogP contribution in [0.25, 0.3) is 11.0 Å². The zero-order chi connectivity index (χ0) is 21.0. The van der Waals surface area contributed by atoms with Crippen molar-refractivity contribution in [2.45, 2.75) is 27.4 Å². The second-order valence-corrected chi connectivity index (χ2v) is 6.22. The van der Waals surface area contributed by atoms with Gasteiger partial charge in [-0.1, -0.05) is 12.1 Å². The lowest BCUT2D eigenvalue weighted by Gasteiger charge is -2.12. The Labute approximate surface area is 166 Å². The Kier molecular flexibility index (Phi) is 5.92. The summed E-state index contributed by atoms with van der Waals surface area (Å²) in [5, 5.41) is 3.15. The van der Waals surface area contributed by atoms with Gasteiger partial charge < -0.3 is 19.2 Å². The van der Waals surface area contributed by atoms with E-state index >= 15 is 0 Å². The minimum atomic E-state index is -0.793. The summed E-state index contributed by atoms with van der Waals surface area (Å²) in [6.07, 6.45) is 1.52. The van der Waals surface area contributed by atoms with E-state index in [1.807, 2.05) is 6.92 Å². The molecule has 29 heavy (non-hydrogen) atoms. The topological polar surface area (TPSA) is 108 Å². The highest BCUT2D eigenvalue weighted by atomic mass is 16.5. The maximum absolute atomic E-state index is 12.8. The lowest BCUT2D eigenvalue weighted by Crippen LogP contribution is -2.21. The van der Waals surface area contributed by atoms with Crippen LogP contribution in [0, 0.1) is 6.92 Å². The molecule has 8 nitrogen and oxygen atoms in total. The van der Waals surface area contributed by atoms with Gasteiger partial charge in [-0.05, 0) is 32.0 Å². The Bertz CT molecular complexity index is 1140. The molecular formula is C21H20N2O6. The minimum absolute atomic E-state index is 0.0545. The summed E-state index contributed by atoms with van der Waals surface area (Å²) < 4.78 is 15.9. The van der Waals surface area contributed by atoms with Crippen molar-refractivity contribution < 1.29 is 23.5 Å². The maximum atomic E-state index is 12.8. The van der Waals surface area contributed by atoms with Crippen molar-refractivity contribution in [2.24, 2.45) is 0 Å². The molecule has 1 amide bonds. The van der Waals surface area contributed by atoms with Crippen LogP contribution in [-0.4, -0.2) is 23.5 Å². The van der Waals surface area contributed by atoms with Crippen LogP contribution in [0.3, 0.4) is 0 Å². The predicted molar refractivity (Wildman–Crippen MR) is 106 cm³/mol. The highest BCUT2D eigenvalue weighted by molar-refractivity contribution is 6.06. The lowest BCUT2D eigenvalue weighted by molar-refractivity contribution is -0.142. The Morgan fingerprint density at radius 2 is 2.00 bits per heavy atom. The highest BCUT2D eigenvalue weighted by Gasteiger charge is 2.18. The molecule has 2 aromatic heterocycles. The van der Waals surface area contributed by atoms with Crippen LogP contribution in [0.15, 0.2) is 45.7 Å². The maximum Gasteiger partial charge on any atom is 0.349 e. The average Bonchev–Trinajstić information content (AvgIpc) is 2.69. The number of esters is 1. The van der Waals surface area contributed by atoms with E-state index in [9.17, 15) is 14.4 Å². The predicted octanol–water partition coefficient (Wildman–Crippen LogP) is 3.21. The fraction of sp³-hybridized carbons (Fsp3) is 0.238. The number of ether oxygens (including phenoxy) is 2.